The highest BCUT2D eigenvalue weighted by Crippen LogP contribution is 2.65. The molecule has 1 N–H and O–H groups in total. The zero-order valence-corrected chi connectivity index (χ0v) is 23.0. The molecular formula is C29H29F3N4O5. The van der Waals surface area contributed by atoms with E-state index in [0.29, 0.717) is 0 Å². The summed E-state index contributed by atoms with van der Waals surface area (Å²) in [4.78, 5) is 42.1. The first-order chi connectivity index (χ1) is 19.2. The van der Waals surface area contributed by atoms with E-state index in [1.54, 1.807) is 20.8 Å². The van der Waals surface area contributed by atoms with Crippen LogP contribution in [0, 0.1) is 35.9 Å². The predicted molar refractivity (Wildman–Crippen MR) is 141 cm³/mol. The van der Waals surface area contributed by atoms with Crippen molar-refractivity contribution in [3.8, 4) is 11.1 Å². The van der Waals surface area contributed by atoms with Crippen molar-refractivity contribution < 1.29 is 37.0 Å². The first-order valence-electron chi connectivity index (χ1n) is 13.1. The van der Waals surface area contributed by atoms with Gasteiger partial charge >= 0.3 is 12.2 Å². The number of halogens is 3. The van der Waals surface area contributed by atoms with E-state index < -0.39 is 58.7 Å². The number of carbonyl (C=O) groups excluding carboxylic acids is 3. The third-order valence-electron chi connectivity index (χ3n) is 7.65. The smallest absolute Gasteiger partial charge is 0.414 e. The first kappa shape index (κ1) is 28.3. The number of nitrogens with zero attached hydrogens (tertiary/aromatic N) is 3. The number of amides is 3. The second-order valence-electron chi connectivity index (χ2n) is 11.6. The van der Waals surface area contributed by atoms with Crippen molar-refractivity contribution >= 4 is 23.8 Å². The number of fused-ring (bicyclic) bond motifs is 1. The number of benzene rings is 2. The molecule has 1 aliphatic carbocycles. The summed E-state index contributed by atoms with van der Waals surface area (Å²) >= 11 is 0. The molecule has 9 nitrogen and oxygen atoms in total. The van der Waals surface area contributed by atoms with E-state index in [9.17, 15) is 14.4 Å². The second-order valence-corrected chi connectivity index (χ2v) is 11.6. The van der Waals surface area contributed by atoms with Crippen LogP contribution in [-0.4, -0.2) is 60.9 Å². The molecule has 2 aromatic carbocycles. The molecule has 4 atom stereocenters. The number of hydrogen-bond donors (Lipinski definition) is 1. The van der Waals surface area contributed by atoms with Gasteiger partial charge in [0, 0.05) is 25.6 Å². The summed E-state index contributed by atoms with van der Waals surface area (Å²) in [5.41, 5.74) is -2.50. The van der Waals surface area contributed by atoms with Gasteiger partial charge in [-0.05, 0) is 56.7 Å². The SMILES string of the molecule is [C-]#[N+]C1(c2c(F)cc(-c3ccc(N4C[C@H](CNC(C)=O)OC4=O)cc3F)cc2F)[C@@H]2CN(C(=O)OC(C)(C)C)C[C@@H]21. The zero-order chi connectivity index (χ0) is 29.9. The van der Waals surface area contributed by atoms with Gasteiger partial charge in [-0.1, -0.05) is 0 Å². The number of anilines is 1. The summed E-state index contributed by atoms with van der Waals surface area (Å²) in [7, 11) is 0. The third kappa shape index (κ3) is 5.05. The largest absolute Gasteiger partial charge is 0.444 e. The number of rotatable bonds is 5. The molecule has 0 spiro atoms. The molecule has 41 heavy (non-hydrogen) atoms. The molecule has 0 aromatic heterocycles. The van der Waals surface area contributed by atoms with Crippen LogP contribution in [0.25, 0.3) is 16.0 Å². The van der Waals surface area contributed by atoms with Crippen molar-refractivity contribution in [3.05, 3.63) is 64.8 Å². The summed E-state index contributed by atoms with van der Waals surface area (Å²) in [6.07, 6.45) is -1.86. The Morgan fingerprint density at radius 2 is 1.73 bits per heavy atom. The maximum absolute atomic E-state index is 15.5. The lowest BCUT2D eigenvalue weighted by Gasteiger charge is -2.26. The molecule has 2 saturated heterocycles. The molecule has 0 radical (unpaired) electrons. The average molecular weight is 571 g/mol. The van der Waals surface area contributed by atoms with E-state index in [1.807, 2.05) is 0 Å². The minimum atomic E-state index is -1.45. The van der Waals surface area contributed by atoms with Crippen molar-refractivity contribution in [2.45, 2.75) is 44.9 Å². The fourth-order valence-corrected chi connectivity index (χ4v) is 5.79. The molecule has 3 fully saturated rings. The molecular weight excluding hydrogens is 541 g/mol. The molecule has 1 saturated carbocycles. The number of carbonyl (C=O) groups is 3. The summed E-state index contributed by atoms with van der Waals surface area (Å²) in [6.45, 7) is 14.8. The van der Waals surface area contributed by atoms with Crippen LogP contribution in [0.4, 0.5) is 28.4 Å². The maximum Gasteiger partial charge on any atom is 0.414 e. The Morgan fingerprint density at radius 1 is 1.10 bits per heavy atom. The van der Waals surface area contributed by atoms with Crippen LogP contribution in [0.3, 0.4) is 0 Å². The van der Waals surface area contributed by atoms with Crippen LogP contribution in [-0.2, 0) is 19.8 Å². The van der Waals surface area contributed by atoms with Crippen molar-refractivity contribution in [2.24, 2.45) is 11.8 Å². The molecule has 3 amide bonds. The quantitative estimate of drug-likeness (QED) is 0.520. The molecule has 0 bridgehead atoms. The lowest BCUT2D eigenvalue weighted by Crippen LogP contribution is -2.38. The van der Waals surface area contributed by atoms with Crippen LogP contribution in [0.5, 0.6) is 0 Å². The monoisotopic (exact) mass is 570 g/mol. The van der Waals surface area contributed by atoms with Crippen molar-refractivity contribution in [1.82, 2.24) is 10.2 Å². The summed E-state index contributed by atoms with van der Waals surface area (Å²) in [5, 5.41) is 2.55. The maximum atomic E-state index is 15.5. The van der Waals surface area contributed by atoms with Crippen molar-refractivity contribution in [1.29, 1.82) is 0 Å². The van der Waals surface area contributed by atoms with Crippen LogP contribution >= 0.6 is 0 Å². The van der Waals surface area contributed by atoms with E-state index in [4.69, 9.17) is 16.0 Å². The van der Waals surface area contributed by atoms with E-state index in [2.05, 4.69) is 10.2 Å². The second kappa shape index (κ2) is 9.98. The van der Waals surface area contributed by atoms with Gasteiger partial charge in [-0.2, -0.15) is 0 Å². The normalized spacial score (nSPS) is 24.9. The Labute approximate surface area is 235 Å². The van der Waals surface area contributed by atoms with Gasteiger partial charge in [0.25, 0.3) is 5.54 Å². The van der Waals surface area contributed by atoms with Crippen molar-refractivity contribution in [3.63, 3.8) is 0 Å². The summed E-state index contributed by atoms with van der Waals surface area (Å²) in [6, 6.07) is 5.80. The highest BCUT2D eigenvalue weighted by Gasteiger charge is 2.79. The van der Waals surface area contributed by atoms with E-state index in [1.165, 1.54) is 28.9 Å². The third-order valence-corrected chi connectivity index (χ3v) is 7.65. The zero-order valence-electron chi connectivity index (χ0n) is 23.0. The topological polar surface area (TPSA) is 92.5 Å². The minimum absolute atomic E-state index is 0.0679. The Hall–Kier alpha value is -4.27. The molecule has 3 aliphatic rings. The molecule has 216 valence electrons. The van der Waals surface area contributed by atoms with Gasteiger partial charge in [0.1, 0.15) is 34.7 Å². The van der Waals surface area contributed by atoms with Crippen LogP contribution < -0.4 is 10.2 Å². The Morgan fingerprint density at radius 3 is 2.27 bits per heavy atom. The van der Waals surface area contributed by atoms with Gasteiger partial charge < -0.3 is 24.5 Å². The Bertz CT molecular complexity index is 1450. The molecule has 2 aromatic rings. The number of likely N-dealkylation sites (tertiary alicyclic amines) is 1. The van der Waals surface area contributed by atoms with Gasteiger partial charge in [0.15, 0.2) is 0 Å². The average Bonchev–Trinajstić information content (AvgIpc) is 3.17. The number of cyclic esters (lactones) is 1. The number of ether oxygens (including phenoxy) is 2. The van der Waals surface area contributed by atoms with Gasteiger partial charge in [-0.25, -0.2) is 29.3 Å². The lowest BCUT2D eigenvalue weighted by atomic mass is 9.94. The lowest BCUT2D eigenvalue weighted by molar-refractivity contribution is -0.119. The summed E-state index contributed by atoms with van der Waals surface area (Å²) in [5.74, 6) is -3.94. The molecule has 2 aliphatic heterocycles. The Kier molecular flexibility index (Phi) is 6.88. The standard InChI is InChI=1S/C29H29F3N4O5/c1-15(37)34-11-18-12-36(27(39)40-18)17-6-7-19(22(30)10-17)16-8-23(31)25(24(32)9-16)29(33-5)20-13-35(14-21(20)29)26(38)41-28(2,3)4/h6-10,18,20-21H,11-14H2,1-4H3,(H,34,37)/t18-,20-,21+,29?/m0/s1. The highest BCUT2D eigenvalue weighted by molar-refractivity contribution is 5.90. The number of piperidine rings is 1. The van der Waals surface area contributed by atoms with Gasteiger partial charge in [0.05, 0.1) is 30.6 Å². The highest BCUT2D eigenvalue weighted by atomic mass is 19.1. The molecule has 5 rings (SSSR count). The van der Waals surface area contributed by atoms with Gasteiger partial charge in [-0.15, -0.1) is 0 Å². The van der Waals surface area contributed by atoms with E-state index in [-0.39, 0.29) is 54.5 Å². The van der Waals surface area contributed by atoms with Crippen molar-refractivity contribution in [2.75, 3.05) is 31.1 Å². The summed E-state index contributed by atoms with van der Waals surface area (Å²) < 4.78 is 56.7. The minimum Gasteiger partial charge on any atom is -0.444 e. The van der Waals surface area contributed by atoms with Gasteiger partial charge in [0.2, 0.25) is 5.91 Å². The Balaban J connectivity index is 1.34. The van der Waals surface area contributed by atoms with Crippen LogP contribution in [0.1, 0.15) is 33.3 Å². The fraction of sp³-hybridized carbons (Fsp3) is 0.448. The number of hydrogen-bond acceptors (Lipinski definition) is 5. The predicted octanol–water partition coefficient (Wildman–Crippen LogP) is 4.84. The molecule has 12 heteroatoms. The van der Waals surface area contributed by atoms with E-state index in [0.717, 1.165) is 18.2 Å². The van der Waals surface area contributed by atoms with Crippen LogP contribution in [0.2, 0.25) is 0 Å². The van der Waals surface area contributed by atoms with E-state index >= 15 is 13.2 Å². The first-order valence-corrected chi connectivity index (χ1v) is 13.1. The van der Waals surface area contributed by atoms with Crippen LogP contribution in [0.15, 0.2) is 30.3 Å². The number of nitrogens with one attached hydrogen (secondary N) is 1. The molecule has 2 heterocycles. The molecule has 1 unspecified atom stereocenters. The van der Waals surface area contributed by atoms with Gasteiger partial charge in [-0.3, -0.25) is 9.69 Å². The fourth-order valence-electron chi connectivity index (χ4n) is 5.79.